The third kappa shape index (κ3) is 3.82. The summed E-state index contributed by atoms with van der Waals surface area (Å²) < 4.78 is 0. The highest BCUT2D eigenvalue weighted by Crippen LogP contribution is 2.53. The van der Waals surface area contributed by atoms with Crippen LogP contribution >= 0.6 is 0 Å². The van der Waals surface area contributed by atoms with Crippen LogP contribution < -0.4 is 9.80 Å². The summed E-state index contributed by atoms with van der Waals surface area (Å²) in [4.78, 5) is 43.4. The molecule has 0 aromatic heterocycles. The lowest BCUT2D eigenvalue weighted by Gasteiger charge is -2.35. The Hall–Kier alpha value is -3.78. The molecule has 36 heavy (non-hydrogen) atoms. The van der Waals surface area contributed by atoms with E-state index >= 15 is 0 Å². The lowest BCUT2D eigenvalue weighted by atomic mass is 9.85. The van der Waals surface area contributed by atoms with Gasteiger partial charge in [0, 0.05) is 38.8 Å². The maximum Gasteiger partial charge on any atom is 0.294 e. The third-order valence-corrected chi connectivity index (χ3v) is 8.07. The number of imide groups is 1. The quantitative estimate of drug-likeness (QED) is 0.269. The van der Waals surface area contributed by atoms with Gasteiger partial charge in [-0.05, 0) is 36.0 Å². The Kier molecular flexibility index (Phi) is 5.68. The maximum absolute atomic E-state index is 13.1. The summed E-state index contributed by atoms with van der Waals surface area (Å²) in [5.41, 5.74) is 1.93. The molecule has 6 rings (SSSR count). The summed E-state index contributed by atoms with van der Waals surface area (Å²) in [6.45, 7) is 3.74. The number of amides is 2. The summed E-state index contributed by atoms with van der Waals surface area (Å²) in [6, 6.07) is 14.9. The van der Waals surface area contributed by atoms with Crippen molar-refractivity contribution in [2.45, 2.75) is 6.42 Å². The molecule has 184 valence electrons. The first-order valence-electron chi connectivity index (χ1n) is 12.5. The van der Waals surface area contributed by atoms with E-state index in [1.165, 1.54) is 11.0 Å². The average Bonchev–Trinajstić information content (AvgIpc) is 3.58. The summed E-state index contributed by atoms with van der Waals surface area (Å²) in [5.74, 6) is -0.878. The number of nitro benzene ring substituents is 1. The van der Waals surface area contributed by atoms with Gasteiger partial charge in [-0.3, -0.25) is 24.6 Å². The second-order valence-corrected chi connectivity index (χ2v) is 10.0. The Balaban J connectivity index is 1.15. The Labute approximate surface area is 209 Å². The molecule has 2 aliphatic heterocycles. The van der Waals surface area contributed by atoms with Crippen LogP contribution in [0.3, 0.4) is 0 Å². The summed E-state index contributed by atoms with van der Waals surface area (Å²) in [5, 5.41) is 12.0. The van der Waals surface area contributed by atoms with Crippen molar-refractivity contribution in [1.82, 2.24) is 4.90 Å². The van der Waals surface area contributed by atoms with Crippen molar-refractivity contribution in [3.05, 3.63) is 82.4 Å². The SMILES string of the molecule is O=C1C2C3C=CC(C3)C2C(=O)N1c1ccc(N2CCN(C/C=C/c3ccccc3)CC2)c([N+](=O)[O-])c1. The van der Waals surface area contributed by atoms with E-state index in [4.69, 9.17) is 0 Å². The fourth-order valence-corrected chi connectivity index (χ4v) is 6.29. The van der Waals surface area contributed by atoms with Crippen molar-refractivity contribution in [3.8, 4) is 0 Å². The zero-order valence-corrected chi connectivity index (χ0v) is 19.9. The molecule has 2 heterocycles. The van der Waals surface area contributed by atoms with Gasteiger partial charge < -0.3 is 4.90 Å². The molecule has 4 aliphatic rings. The van der Waals surface area contributed by atoms with Crippen molar-refractivity contribution in [2.24, 2.45) is 23.7 Å². The van der Waals surface area contributed by atoms with Crippen molar-refractivity contribution in [3.63, 3.8) is 0 Å². The molecule has 2 amide bonds. The molecule has 2 bridgehead atoms. The number of fused-ring (bicyclic) bond motifs is 5. The summed E-state index contributed by atoms with van der Waals surface area (Å²) in [7, 11) is 0. The molecule has 4 atom stereocenters. The Morgan fingerprint density at radius 3 is 2.22 bits per heavy atom. The van der Waals surface area contributed by atoms with Crippen LogP contribution in [-0.2, 0) is 9.59 Å². The number of allylic oxidation sites excluding steroid dienone is 2. The number of nitrogens with zero attached hydrogens (tertiary/aromatic N) is 4. The monoisotopic (exact) mass is 484 g/mol. The molecule has 0 radical (unpaired) electrons. The van der Waals surface area contributed by atoms with Gasteiger partial charge in [0.25, 0.3) is 5.69 Å². The maximum atomic E-state index is 13.1. The normalized spacial score (nSPS) is 27.4. The predicted octanol–water partition coefficient (Wildman–Crippen LogP) is 3.74. The van der Waals surface area contributed by atoms with Crippen LogP contribution in [-0.4, -0.2) is 54.4 Å². The highest BCUT2D eigenvalue weighted by Gasteiger charge is 2.59. The molecule has 2 aliphatic carbocycles. The van der Waals surface area contributed by atoms with Crippen molar-refractivity contribution >= 4 is 35.0 Å². The number of nitro groups is 1. The highest BCUT2D eigenvalue weighted by molar-refractivity contribution is 6.23. The van der Waals surface area contributed by atoms with Gasteiger partial charge in [-0.1, -0.05) is 54.6 Å². The molecule has 8 nitrogen and oxygen atoms in total. The number of hydrogen-bond donors (Lipinski definition) is 0. The third-order valence-electron chi connectivity index (χ3n) is 8.07. The Bertz CT molecular complexity index is 1240. The molecule has 2 saturated heterocycles. The van der Waals surface area contributed by atoms with Gasteiger partial charge in [0.15, 0.2) is 0 Å². The van der Waals surface area contributed by atoms with Crippen molar-refractivity contribution < 1.29 is 14.5 Å². The van der Waals surface area contributed by atoms with E-state index in [9.17, 15) is 19.7 Å². The first kappa shape index (κ1) is 22.7. The minimum absolute atomic E-state index is 0.0660. The predicted molar refractivity (Wildman–Crippen MR) is 137 cm³/mol. The second kappa shape index (κ2) is 9.02. The van der Waals surface area contributed by atoms with E-state index in [1.54, 1.807) is 12.1 Å². The minimum atomic E-state index is -0.412. The molecule has 8 heteroatoms. The molecule has 3 fully saturated rings. The van der Waals surface area contributed by atoms with Gasteiger partial charge in [0.2, 0.25) is 11.8 Å². The zero-order valence-electron chi connectivity index (χ0n) is 19.9. The number of carbonyl (C=O) groups excluding carboxylic acids is 2. The number of anilines is 2. The number of hydrogen-bond acceptors (Lipinski definition) is 6. The largest absolute Gasteiger partial charge is 0.363 e. The zero-order chi connectivity index (χ0) is 24.8. The second-order valence-electron chi connectivity index (χ2n) is 10.0. The topological polar surface area (TPSA) is 87.0 Å². The van der Waals surface area contributed by atoms with Crippen molar-refractivity contribution in [2.75, 3.05) is 42.5 Å². The van der Waals surface area contributed by atoms with Crippen molar-refractivity contribution in [1.29, 1.82) is 0 Å². The van der Waals surface area contributed by atoms with E-state index in [0.29, 0.717) is 24.5 Å². The summed E-state index contributed by atoms with van der Waals surface area (Å²) >= 11 is 0. The molecule has 4 unspecified atom stereocenters. The van der Waals surface area contributed by atoms with Gasteiger partial charge in [0.05, 0.1) is 22.4 Å². The van der Waals surface area contributed by atoms with Gasteiger partial charge in [-0.15, -0.1) is 0 Å². The van der Waals surface area contributed by atoms with Crippen LogP contribution in [0.5, 0.6) is 0 Å². The molecule has 0 N–H and O–H groups in total. The van der Waals surface area contributed by atoms with E-state index in [2.05, 4.69) is 29.2 Å². The average molecular weight is 485 g/mol. The first-order valence-corrected chi connectivity index (χ1v) is 12.5. The van der Waals surface area contributed by atoms with Crippen LogP contribution in [0.15, 0.2) is 66.8 Å². The number of piperazine rings is 1. The first-order chi connectivity index (χ1) is 17.5. The van der Waals surface area contributed by atoms with Crippen LogP contribution in [0.2, 0.25) is 0 Å². The number of rotatable bonds is 6. The van der Waals surface area contributed by atoms with Crippen LogP contribution in [0.1, 0.15) is 12.0 Å². The fraction of sp³-hybridized carbons (Fsp3) is 0.357. The van der Waals surface area contributed by atoms with Crippen LogP contribution in [0, 0.1) is 33.8 Å². The number of benzene rings is 2. The number of carbonyl (C=O) groups is 2. The minimum Gasteiger partial charge on any atom is -0.363 e. The molecule has 2 aromatic rings. The fourth-order valence-electron chi connectivity index (χ4n) is 6.29. The van der Waals surface area contributed by atoms with Gasteiger partial charge in [0.1, 0.15) is 5.69 Å². The molecule has 0 spiro atoms. The Morgan fingerprint density at radius 1 is 0.917 bits per heavy atom. The lowest BCUT2D eigenvalue weighted by molar-refractivity contribution is -0.384. The molecular formula is C28H28N4O4. The molecule has 1 saturated carbocycles. The summed E-state index contributed by atoms with van der Waals surface area (Å²) in [6.07, 6.45) is 9.19. The highest BCUT2D eigenvalue weighted by atomic mass is 16.6. The van der Waals surface area contributed by atoms with Crippen LogP contribution in [0.25, 0.3) is 6.08 Å². The Morgan fingerprint density at radius 2 is 1.58 bits per heavy atom. The smallest absolute Gasteiger partial charge is 0.294 e. The van der Waals surface area contributed by atoms with E-state index < -0.39 is 4.92 Å². The van der Waals surface area contributed by atoms with Crippen LogP contribution in [0.4, 0.5) is 17.1 Å². The standard InChI is InChI=1S/C28H28N4O4/c33-27-25-20-8-9-21(17-20)26(25)28(34)31(27)22-10-11-23(24(18-22)32(35)36)30-15-13-29(14-16-30)12-4-7-19-5-2-1-3-6-19/h1-11,18,20-21,25-26H,12-17H2/b7-4+. The van der Waals surface area contributed by atoms with E-state index in [0.717, 1.165) is 31.6 Å². The molecular weight excluding hydrogens is 456 g/mol. The van der Waals surface area contributed by atoms with E-state index in [1.807, 2.05) is 35.3 Å². The molecule has 2 aromatic carbocycles. The lowest BCUT2D eigenvalue weighted by Crippen LogP contribution is -2.46. The van der Waals surface area contributed by atoms with E-state index in [-0.39, 0.29) is 41.2 Å². The van der Waals surface area contributed by atoms with Gasteiger partial charge in [-0.25, -0.2) is 4.90 Å². The van der Waals surface area contributed by atoms with Gasteiger partial charge >= 0.3 is 0 Å². The van der Waals surface area contributed by atoms with Gasteiger partial charge in [-0.2, -0.15) is 0 Å².